The Labute approximate surface area is 115 Å². The molecule has 2 rings (SSSR count). The lowest BCUT2D eigenvalue weighted by Gasteiger charge is -2.10. The fourth-order valence-corrected chi connectivity index (χ4v) is 1.86. The summed E-state index contributed by atoms with van der Waals surface area (Å²) in [5.74, 6) is 0.329. The van der Waals surface area contributed by atoms with Gasteiger partial charge in [0, 0.05) is 12.3 Å². The molecule has 0 saturated carbocycles. The van der Waals surface area contributed by atoms with Gasteiger partial charge in [0.05, 0.1) is 16.7 Å². The molecule has 100 valence electrons. The second kappa shape index (κ2) is 5.36. The predicted molar refractivity (Wildman–Crippen MR) is 71.6 cm³/mol. The normalized spacial score (nSPS) is 9.85. The number of nitro groups is 1. The molecule has 0 aliphatic rings. The van der Waals surface area contributed by atoms with Crippen LogP contribution in [0, 0.1) is 35.3 Å². The third-order valence-corrected chi connectivity index (χ3v) is 2.71. The van der Waals surface area contributed by atoms with Crippen LogP contribution in [-0.4, -0.2) is 9.91 Å². The molecule has 0 saturated heterocycles. The van der Waals surface area contributed by atoms with Crippen molar-refractivity contribution in [1.29, 1.82) is 5.26 Å². The molecule has 0 aliphatic carbocycles. The maximum atomic E-state index is 11.1. The first-order valence-electron chi connectivity index (χ1n) is 5.80. The van der Waals surface area contributed by atoms with Crippen molar-refractivity contribution in [2.75, 3.05) is 0 Å². The summed E-state index contributed by atoms with van der Waals surface area (Å²) in [5.41, 5.74) is 1.54. The highest BCUT2D eigenvalue weighted by Gasteiger charge is 2.20. The maximum Gasteiger partial charge on any atom is 0.312 e. The monoisotopic (exact) mass is 269 g/mol. The number of aryl methyl sites for hydroxylation is 2. The van der Waals surface area contributed by atoms with Gasteiger partial charge in [-0.3, -0.25) is 15.1 Å². The summed E-state index contributed by atoms with van der Waals surface area (Å²) in [6, 6.07) is 6.67. The molecule has 1 aromatic carbocycles. The molecule has 1 heterocycles. The van der Waals surface area contributed by atoms with Gasteiger partial charge in [0.25, 0.3) is 0 Å². The molecular formula is C14H11N3O3. The minimum Gasteiger partial charge on any atom is -0.447 e. The van der Waals surface area contributed by atoms with E-state index in [4.69, 9.17) is 10.00 Å². The van der Waals surface area contributed by atoms with Crippen LogP contribution in [0.1, 0.15) is 16.7 Å². The van der Waals surface area contributed by atoms with E-state index in [2.05, 4.69) is 4.98 Å². The average Bonchev–Trinajstić information content (AvgIpc) is 2.41. The fraction of sp³-hybridized carbons (Fsp3) is 0.143. The van der Waals surface area contributed by atoms with Crippen LogP contribution in [0.5, 0.6) is 11.5 Å². The van der Waals surface area contributed by atoms with Gasteiger partial charge >= 0.3 is 5.69 Å². The third-order valence-electron chi connectivity index (χ3n) is 2.71. The molecule has 0 radical (unpaired) electrons. The standard InChI is InChI=1S/C14H11N3O3/c1-9-5-10(2)14(12(6-9)17(18)19)20-13-8-16-4-3-11(13)7-15/h3-6,8H,1-2H3. The van der Waals surface area contributed by atoms with Gasteiger partial charge in [0.1, 0.15) is 6.07 Å². The minimum atomic E-state index is -0.502. The predicted octanol–water partition coefficient (Wildman–Crippen LogP) is 3.27. The van der Waals surface area contributed by atoms with E-state index in [1.165, 1.54) is 24.5 Å². The average molecular weight is 269 g/mol. The van der Waals surface area contributed by atoms with Gasteiger partial charge in [-0.25, -0.2) is 0 Å². The Morgan fingerprint density at radius 1 is 1.40 bits per heavy atom. The minimum absolute atomic E-state index is 0.129. The van der Waals surface area contributed by atoms with E-state index >= 15 is 0 Å². The smallest absolute Gasteiger partial charge is 0.312 e. The number of hydrogen-bond donors (Lipinski definition) is 0. The molecule has 6 heteroatoms. The third kappa shape index (κ3) is 2.57. The lowest BCUT2D eigenvalue weighted by atomic mass is 10.1. The van der Waals surface area contributed by atoms with Gasteiger partial charge in [0.15, 0.2) is 5.75 Å². The zero-order chi connectivity index (χ0) is 14.7. The highest BCUT2D eigenvalue weighted by Crippen LogP contribution is 2.36. The van der Waals surface area contributed by atoms with E-state index in [1.807, 2.05) is 6.07 Å². The number of nitriles is 1. The molecule has 0 N–H and O–H groups in total. The summed E-state index contributed by atoms with van der Waals surface area (Å²) in [6.07, 6.45) is 2.82. The molecule has 0 unspecified atom stereocenters. The quantitative estimate of drug-likeness (QED) is 0.630. The SMILES string of the molecule is Cc1cc(C)c(Oc2cnccc2C#N)c([N+](=O)[O-])c1. The van der Waals surface area contributed by atoms with Crippen LogP contribution >= 0.6 is 0 Å². The van der Waals surface area contributed by atoms with Crippen LogP contribution in [0.15, 0.2) is 30.6 Å². The van der Waals surface area contributed by atoms with Crippen LogP contribution < -0.4 is 4.74 Å². The second-order valence-corrected chi connectivity index (χ2v) is 4.27. The van der Waals surface area contributed by atoms with E-state index in [1.54, 1.807) is 19.9 Å². The Hall–Kier alpha value is -2.94. The first-order chi connectivity index (χ1) is 9.52. The number of ether oxygens (including phenoxy) is 1. The number of benzene rings is 1. The molecule has 0 fully saturated rings. The molecule has 20 heavy (non-hydrogen) atoms. The number of rotatable bonds is 3. The summed E-state index contributed by atoms with van der Waals surface area (Å²) in [5, 5.41) is 20.1. The van der Waals surface area contributed by atoms with Crippen molar-refractivity contribution in [3.05, 3.63) is 57.4 Å². The largest absolute Gasteiger partial charge is 0.447 e. The molecule has 0 amide bonds. The molecule has 1 aromatic heterocycles. The van der Waals surface area contributed by atoms with Gasteiger partial charge in [-0.15, -0.1) is 0 Å². The Morgan fingerprint density at radius 3 is 2.80 bits per heavy atom. The van der Waals surface area contributed by atoms with Crippen LogP contribution in [0.25, 0.3) is 0 Å². The summed E-state index contributed by atoms with van der Waals surface area (Å²) >= 11 is 0. The summed E-state index contributed by atoms with van der Waals surface area (Å²) < 4.78 is 5.55. The second-order valence-electron chi connectivity index (χ2n) is 4.27. The van der Waals surface area contributed by atoms with Crippen LogP contribution in [0.2, 0.25) is 0 Å². The molecule has 0 aliphatic heterocycles. The number of pyridine rings is 1. The van der Waals surface area contributed by atoms with Crippen molar-refractivity contribution in [3.63, 3.8) is 0 Å². The van der Waals surface area contributed by atoms with Gasteiger partial charge in [-0.1, -0.05) is 6.07 Å². The maximum absolute atomic E-state index is 11.1. The molecular weight excluding hydrogens is 258 g/mol. The fourth-order valence-electron chi connectivity index (χ4n) is 1.86. The summed E-state index contributed by atoms with van der Waals surface area (Å²) in [4.78, 5) is 14.5. The highest BCUT2D eigenvalue weighted by molar-refractivity contribution is 5.56. The molecule has 6 nitrogen and oxygen atoms in total. The van der Waals surface area contributed by atoms with Crippen molar-refractivity contribution in [2.24, 2.45) is 0 Å². The first-order valence-corrected chi connectivity index (χ1v) is 5.80. The lowest BCUT2D eigenvalue weighted by molar-refractivity contribution is -0.385. The van der Waals surface area contributed by atoms with E-state index in [0.29, 0.717) is 5.56 Å². The van der Waals surface area contributed by atoms with Crippen molar-refractivity contribution in [1.82, 2.24) is 4.98 Å². The molecule has 2 aromatic rings. The van der Waals surface area contributed by atoms with E-state index in [9.17, 15) is 10.1 Å². The van der Waals surface area contributed by atoms with E-state index in [-0.39, 0.29) is 22.7 Å². The zero-order valence-corrected chi connectivity index (χ0v) is 11.0. The number of nitrogens with zero attached hydrogens (tertiary/aromatic N) is 3. The van der Waals surface area contributed by atoms with Crippen LogP contribution in [0.3, 0.4) is 0 Å². The van der Waals surface area contributed by atoms with Gasteiger partial charge < -0.3 is 4.74 Å². The summed E-state index contributed by atoms with van der Waals surface area (Å²) in [6.45, 7) is 3.49. The van der Waals surface area contributed by atoms with Gasteiger partial charge in [0.2, 0.25) is 5.75 Å². The van der Waals surface area contributed by atoms with Crippen LogP contribution in [0.4, 0.5) is 5.69 Å². The van der Waals surface area contributed by atoms with Gasteiger partial charge in [-0.05, 0) is 31.0 Å². The summed E-state index contributed by atoms with van der Waals surface area (Å²) in [7, 11) is 0. The Balaban J connectivity index is 2.54. The molecule has 0 bridgehead atoms. The Kier molecular flexibility index (Phi) is 3.62. The van der Waals surface area contributed by atoms with Crippen molar-refractivity contribution < 1.29 is 9.66 Å². The molecule has 0 spiro atoms. The number of nitro benzene ring substituents is 1. The van der Waals surface area contributed by atoms with Crippen LogP contribution in [-0.2, 0) is 0 Å². The zero-order valence-electron chi connectivity index (χ0n) is 11.0. The van der Waals surface area contributed by atoms with E-state index in [0.717, 1.165) is 5.56 Å². The van der Waals surface area contributed by atoms with Gasteiger partial charge in [-0.2, -0.15) is 5.26 Å². The van der Waals surface area contributed by atoms with Crippen molar-refractivity contribution in [2.45, 2.75) is 13.8 Å². The number of hydrogen-bond acceptors (Lipinski definition) is 5. The molecule has 0 atom stereocenters. The lowest BCUT2D eigenvalue weighted by Crippen LogP contribution is -1.98. The topological polar surface area (TPSA) is 89.0 Å². The van der Waals surface area contributed by atoms with E-state index < -0.39 is 4.92 Å². The van der Waals surface area contributed by atoms with Crippen molar-refractivity contribution in [3.8, 4) is 17.6 Å². The van der Waals surface area contributed by atoms with Crippen molar-refractivity contribution >= 4 is 5.69 Å². The highest BCUT2D eigenvalue weighted by atomic mass is 16.6. The Morgan fingerprint density at radius 2 is 2.15 bits per heavy atom. The Bertz CT molecular complexity index is 720. The first kappa shape index (κ1) is 13.5. The number of aromatic nitrogens is 1.